The standard InChI is InChI=1S/C16H25F3O4/c1-2-3-11-4-6-12(7-5-11)13-8-21-14(22-9-13)10-23-15(20)16(17,18)19/h11-14H,2-10H2,1H3. The van der Waals surface area contributed by atoms with E-state index in [9.17, 15) is 18.0 Å². The van der Waals surface area contributed by atoms with E-state index in [1.165, 1.54) is 25.7 Å². The van der Waals surface area contributed by atoms with Crippen LogP contribution in [0.4, 0.5) is 13.2 Å². The zero-order valence-corrected chi connectivity index (χ0v) is 13.4. The highest BCUT2D eigenvalue weighted by Crippen LogP contribution is 2.36. The fourth-order valence-corrected chi connectivity index (χ4v) is 3.51. The quantitative estimate of drug-likeness (QED) is 0.717. The van der Waals surface area contributed by atoms with Crippen LogP contribution in [-0.4, -0.2) is 38.3 Å². The maximum atomic E-state index is 12.0. The molecule has 1 saturated carbocycles. The third-order valence-electron chi connectivity index (χ3n) is 4.83. The summed E-state index contributed by atoms with van der Waals surface area (Å²) >= 11 is 0. The summed E-state index contributed by atoms with van der Waals surface area (Å²) in [7, 11) is 0. The predicted molar refractivity (Wildman–Crippen MR) is 76.6 cm³/mol. The Balaban J connectivity index is 1.65. The van der Waals surface area contributed by atoms with Gasteiger partial charge in [0.2, 0.25) is 0 Å². The molecule has 1 saturated heterocycles. The Bertz CT molecular complexity index is 370. The zero-order chi connectivity index (χ0) is 16.9. The van der Waals surface area contributed by atoms with Crippen LogP contribution in [0.2, 0.25) is 0 Å². The molecule has 0 aromatic rings. The summed E-state index contributed by atoms with van der Waals surface area (Å²) in [6.07, 6.45) is 1.44. The SMILES string of the molecule is CCCC1CCC(C2COC(COC(=O)C(F)(F)F)OC2)CC1. The first-order valence-electron chi connectivity index (χ1n) is 8.37. The molecular weight excluding hydrogens is 313 g/mol. The highest BCUT2D eigenvalue weighted by Gasteiger charge is 2.41. The summed E-state index contributed by atoms with van der Waals surface area (Å²) in [5, 5.41) is 0. The Labute approximate surface area is 134 Å². The van der Waals surface area contributed by atoms with Crippen molar-refractivity contribution in [3.63, 3.8) is 0 Å². The number of hydrogen-bond acceptors (Lipinski definition) is 4. The van der Waals surface area contributed by atoms with Crippen LogP contribution in [0.15, 0.2) is 0 Å². The Morgan fingerprint density at radius 3 is 2.22 bits per heavy atom. The summed E-state index contributed by atoms with van der Waals surface area (Å²) < 4.78 is 51.1. The van der Waals surface area contributed by atoms with Crippen molar-refractivity contribution in [2.75, 3.05) is 19.8 Å². The molecule has 0 radical (unpaired) electrons. The van der Waals surface area contributed by atoms with E-state index in [-0.39, 0.29) is 5.92 Å². The topological polar surface area (TPSA) is 44.8 Å². The van der Waals surface area contributed by atoms with E-state index in [2.05, 4.69) is 11.7 Å². The molecule has 0 spiro atoms. The molecule has 7 heteroatoms. The van der Waals surface area contributed by atoms with Gasteiger partial charge >= 0.3 is 12.1 Å². The van der Waals surface area contributed by atoms with Gasteiger partial charge in [0.05, 0.1) is 13.2 Å². The van der Waals surface area contributed by atoms with Gasteiger partial charge in [-0.25, -0.2) is 4.79 Å². The molecule has 0 aromatic heterocycles. The monoisotopic (exact) mass is 338 g/mol. The lowest BCUT2D eigenvalue weighted by Crippen LogP contribution is -2.40. The van der Waals surface area contributed by atoms with E-state index in [0.717, 1.165) is 18.8 Å². The van der Waals surface area contributed by atoms with Crippen molar-refractivity contribution < 1.29 is 32.2 Å². The van der Waals surface area contributed by atoms with Crippen LogP contribution >= 0.6 is 0 Å². The van der Waals surface area contributed by atoms with Crippen molar-refractivity contribution in [2.24, 2.45) is 17.8 Å². The number of hydrogen-bond donors (Lipinski definition) is 0. The normalized spacial score (nSPS) is 32.5. The van der Waals surface area contributed by atoms with Crippen molar-refractivity contribution >= 4 is 5.97 Å². The van der Waals surface area contributed by atoms with Crippen LogP contribution in [0, 0.1) is 17.8 Å². The Hall–Kier alpha value is -0.820. The molecule has 0 aromatic carbocycles. The van der Waals surface area contributed by atoms with Gasteiger partial charge in [0.1, 0.15) is 6.61 Å². The van der Waals surface area contributed by atoms with Crippen LogP contribution in [0.1, 0.15) is 45.4 Å². The third kappa shape index (κ3) is 5.64. The fourth-order valence-electron chi connectivity index (χ4n) is 3.51. The van der Waals surface area contributed by atoms with Crippen molar-refractivity contribution in [2.45, 2.75) is 57.9 Å². The molecule has 134 valence electrons. The minimum atomic E-state index is -4.98. The molecule has 0 atom stereocenters. The average Bonchev–Trinajstić information content (AvgIpc) is 2.53. The molecule has 0 bridgehead atoms. The summed E-state index contributed by atoms with van der Waals surface area (Å²) in [6.45, 7) is 2.60. The van der Waals surface area contributed by atoms with Gasteiger partial charge in [0, 0.05) is 5.92 Å². The van der Waals surface area contributed by atoms with E-state index in [4.69, 9.17) is 9.47 Å². The largest absolute Gasteiger partial charge is 0.490 e. The van der Waals surface area contributed by atoms with E-state index in [1.54, 1.807) is 0 Å². The average molecular weight is 338 g/mol. The second-order valence-corrected chi connectivity index (χ2v) is 6.52. The number of carbonyl (C=O) groups excluding carboxylic acids is 1. The number of alkyl halides is 3. The van der Waals surface area contributed by atoms with Crippen LogP contribution in [-0.2, 0) is 19.0 Å². The van der Waals surface area contributed by atoms with Gasteiger partial charge in [-0.15, -0.1) is 0 Å². The van der Waals surface area contributed by atoms with Crippen LogP contribution in [0.5, 0.6) is 0 Å². The molecule has 0 N–H and O–H groups in total. The molecule has 0 amide bonds. The molecule has 4 nitrogen and oxygen atoms in total. The predicted octanol–water partition coefficient (Wildman–Crippen LogP) is 3.69. The lowest BCUT2D eigenvalue weighted by molar-refractivity contribution is -0.240. The Morgan fingerprint density at radius 2 is 1.70 bits per heavy atom. The first-order valence-corrected chi connectivity index (χ1v) is 8.37. The van der Waals surface area contributed by atoms with Crippen molar-refractivity contribution in [3.05, 3.63) is 0 Å². The fraction of sp³-hybridized carbons (Fsp3) is 0.938. The van der Waals surface area contributed by atoms with Crippen molar-refractivity contribution in [3.8, 4) is 0 Å². The summed E-state index contributed by atoms with van der Waals surface area (Å²) in [5.74, 6) is -0.536. The maximum absolute atomic E-state index is 12.0. The van der Waals surface area contributed by atoms with Gasteiger partial charge in [-0.1, -0.05) is 32.6 Å². The van der Waals surface area contributed by atoms with Crippen LogP contribution in [0.25, 0.3) is 0 Å². The first kappa shape index (κ1) is 18.5. The first-order chi connectivity index (χ1) is 10.9. The van der Waals surface area contributed by atoms with Crippen LogP contribution < -0.4 is 0 Å². The van der Waals surface area contributed by atoms with Crippen molar-refractivity contribution in [1.82, 2.24) is 0 Å². The van der Waals surface area contributed by atoms with E-state index >= 15 is 0 Å². The minimum Gasteiger partial charge on any atom is -0.454 e. The van der Waals surface area contributed by atoms with Crippen molar-refractivity contribution in [1.29, 1.82) is 0 Å². The van der Waals surface area contributed by atoms with E-state index < -0.39 is 25.0 Å². The second kappa shape index (κ2) is 8.33. The molecule has 1 heterocycles. The summed E-state index contributed by atoms with van der Waals surface area (Å²) in [5.41, 5.74) is 0. The molecular formula is C16H25F3O4. The Kier molecular flexibility index (Phi) is 6.71. The number of ether oxygens (including phenoxy) is 3. The van der Waals surface area contributed by atoms with Gasteiger partial charge in [0.15, 0.2) is 6.29 Å². The number of halogens is 3. The molecule has 2 fully saturated rings. The third-order valence-corrected chi connectivity index (χ3v) is 4.83. The van der Waals surface area contributed by atoms with Crippen LogP contribution in [0.3, 0.4) is 0 Å². The maximum Gasteiger partial charge on any atom is 0.490 e. The lowest BCUT2D eigenvalue weighted by Gasteiger charge is -2.37. The zero-order valence-electron chi connectivity index (χ0n) is 13.4. The van der Waals surface area contributed by atoms with Gasteiger partial charge in [0.25, 0.3) is 0 Å². The number of rotatable bonds is 5. The van der Waals surface area contributed by atoms with Gasteiger partial charge in [-0.2, -0.15) is 13.2 Å². The molecule has 0 unspecified atom stereocenters. The summed E-state index contributed by atoms with van der Waals surface area (Å²) in [6, 6.07) is 0. The molecule has 1 aliphatic carbocycles. The highest BCUT2D eigenvalue weighted by atomic mass is 19.4. The summed E-state index contributed by atoms with van der Waals surface area (Å²) in [4.78, 5) is 10.6. The smallest absolute Gasteiger partial charge is 0.454 e. The number of esters is 1. The minimum absolute atomic E-state index is 0.284. The molecule has 2 aliphatic rings. The second-order valence-electron chi connectivity index (χ2n) is 6.52. The van der Waals surface area contributed by atoms with Gasteiger partial charge in [-0.3, -0.25) is 0 Å². The lowest BCUT2D eigenvalue weighted by atomic mass is 9.75. The Morgan fingerprint density at radius 1 is 1.09 bits per heavy atom. The molecule has 23 heavy (non-hydrogen) atoms. The number of carbonyl (C=O) groups is 1. The van der Waals surface area contributed by atoms with E-state index in [1.807, 2.05) is 0 Å². The van der Waals surface area contributed by atoms with E-state index in [0.29, 0.717) is 19.1 Å². The highest BCUT2D eigenvalue weighted by molar-refractivity contribution is 5.75. The molecule has 1 aliphatic heterocycles. The molecule has 2 rings (SSSR count). The van der Waals surface area contributed by atoms with Gasteiger partial charge < -0.3 is 14.2 Å². The van der Waals surface area contributed by atoms with Gasteiger partial charge in [-0.05, 0) is 24.7 Å².